The van der Waals surface area contributed by atoms with Gasteiger partial charge in [-0.05, 0) is 38.6 Å². The van der Waals surface area contributed by atoms with Crippen molar-refractivity contribution < 1.29 is 39.3 Å². The first-order valence-corrected chi connectivity index (χ1v) is 7.69. The van der Waals surface area contributed by atoms with Crippen LogP contribution in [0.4, 0.5) is 0 Å². The third-order valence-electron chi connectivity index (χ3n) is 2.95. The monoisotopic (exact) mass is 380 g/mol. The molecule has 0 bridgehead atoms. The molecule has 152 valence electrons. The molecule has 0 fully saturated rings. The van der Waals surface area contributed by atoms with E-state index in [0.29, 0.717) is 19.4 Å². The lowest BCUT2D eigenvalue weighted by molar-refractivity contribution is -0.191. The van der Waals surface area contributed by atoms with E-state index in [4.69, 9.17) is 47.8 Å². The second-order valence-corrected chi connectivity index (χ2v) is 5.13. The predicted octanol–water partition coefficient (Wildman–Crippen LogP) is -2.08. The number of hydrogen-bond acceptors (Lipinski definition) is 9. The zero-order valence-electron chi connectivity index (χ0n) is 14.4. The summed E-state index contributed by atoms with van der Waals surface area (Å²) in [6.07, 6.45) is 3.31. The highest BCUT2D eigenvalue weighted by Gasteiger charge is 2.14. The summed E-state index contributed by atoms with van der Waals surface area (Å²) in [6, 6.07) is -2.58. The third-order valence-corrected chi connectivity index (χ3v) is 2.95. The second-order valence-electron chi connectivity index (χ2n) is 5.13. The number of aliphatic carboxylic acids is 3. The normalized spacial score (nSPS) is 12.8. The Labute approximate surface area is 150 Å². The molecule has 0 saturated heterocycles. The molecule has 0 aromatic carbocycles. The Morgan fingerprint density at radius 1 is 0.692 bits per heavy atom. The summed E-state index contributed by atoms with van der Waals surface area (Å²) in [5.41, 5.74) is 20.8. The average Bonchev–Trinajstić information content (AvgIpc) is 2.55. The standard InChI is InChI=1S/C7H14N2O4.C6H14N2O2.CO2/c8-4(6(10)11)2-1-3-5(9)7(12)13;7-4-2-1-3-5(8)6(9)10;2-1-3/h4-5H,1-3,8-9H2,(H,10,11)(H,12,13);5H,1-4,7-8H2,(H,9,10);/t4-,5+;5-;/m.1./s1. The van der Waals surface area contributed by atoms with E-state index in [-0.39, 0.29) is 19.0 Å². The number of carbonyl (C=O) groups excluding carboxylic acids is 2. The van der Waals surface area contributed by atoms with Crippen LogP contribution in [0, 0.1) is 0 Å². The van der Waals surface area contributed by atoms with Crippen LogP contribution in [0.2, 0.25) is 0 Å². The van der Waals surface area contributed by atoms with Gasteiger partial charge < -0.3 is 38.3 Å². The fourth-order valence-corrected chi connectivity index (χ4v) is 1.44. The highest BCUT2D eigenvalue weighted by molar-refractivity contribution is 5.74. The van der Waals surface area contributed by atoms with Crippen molar-refractivity contribution in [1.29, 1.82) is 0 Å². The number of unbranched alkanes of at least 4 members (excludes halogenated alkanes) is 1. The Bertz CT molecular complexity index is 421. The summed E-state index contributed by atoms with van der Waals surface area (Å²) in [5.74, 6) is -3.09. The van der Waals surface area contributed by atoms with E-state index >= 15 is 0 Å². The molecule has 0 aliphatic carbocycles. The minimum Gasteiger partial charge on any atom is -0.480 e. The van der Waals surface area contributed by atoms with E-state index in [1.54, 1.807) is 0 Å². The fraction of sp³-hybridized carbons (Fsp3) is 0.714. The molecule has 11 N–H and O–H groups in total. The Morgan fingerprint density at radius 2 is 0.962 bits per heavy atom. The van der Waals surface area contributed by atoms with Gasteiger partial charge in [-0.15, -0.1) is 0 Å². The lowest BCUT2D eigenvalue weighted by atomic mass is 10.1. The number of carbonyl (C=O) groups is 3. The van der Waals surface area contributed by atoms with Crippen LogP contribution >= 0.6 is 0 Å². The van der Waals surface area contributed by atoms with Gasteiger partial charge in [-0.2, -0.15) is 9.59 Å². The van der Waals surface area contributed by atoms with E-state index < -0.39 is 36.0 Å². The van der Waals surface area contributed by atoms with E-state index in [2.05, 4.69) is 0 Å². The van der Waals surface area contributed by atoms with Gasteiger partial charge in [0.2, 0.25) is 0 Å². The Hall–Kier alpha value is -2.37. The quantitative estimate of drug-likeness (QED) is 0.191. The van der Waals surface area contributed by atoms with Crippen LogP contribution in [0.3, 0.4) is 0 Å². The molecule has 12 heteroatoms. The molecule has 0 aromatic rings. The summed E-state index contributed by atoms with van der Waals surface area (Å²) in [6.45, 7) is 0.604. The van der Waals surface area contributed by atoms with E-state index in [1.807, 2.05) is 0 Å². The van der Waals surface area contributed by atoms with E-state index in [0.717, 1.165) is 12.8 Å². The van der Waals surface area contributed by atoms with Crippen molar-refractivity contribution in [2.75, 3.05) is 6.54 Å². The van der Waals surface area contributed by atoms with Crippen LogP contribution < -0.4 is 22.9 Å². The molecule has 0 aliphatic rings. The maximum Gasteiger partial charge on any atom is 0.373 e. The first-order chi connectivity index (χ1) is 12.0. The van der Waals surface area contributed by atoms with Crippen LogP contribution in [0.1, 0.15) is 38.5 Å². The summed E-state index contributed by atoms with van der Waals surface area (Å²) in [7, 11) is 0. The Kier molecular flexibility index (Phi) is 20.7. The zero-order chi connectivity index (χ0) is 21.1. The molecule has 0 saturated carbocycles. The fourth-order valence-electron chi connectivity index (χ4n) is 1.44. The van der Waals surface area contributed by atoms with E-state index in [1.165, 1.54) is 0 Å². The topological polar surface area (TPSA) is 250 Å². The minimum atomic E-state index is -1.08. The van der Waals surface area contributed by atoms with Crippen LogP contribution in [0.15, 0.2) is 0 Å². The van der Waals surface area contributed by atoms with Crippen molar-refractivity contribution in [3.05, 3.63) is 0 Å². The number of carboxylic acids is 3. The highest BCUT2D eigenvalue weighted by Crippen LogP contribution is 2.02. The van der Waals surface area contributed by atoms with Crippen molar-refractivity contribution in [1.82, 2.24) is 0 Å². The molecule has 0 spiro atoms. The van der Waals surface area contributed by atoms with Gasteiger partial charge in [-0.1, -0.05) is 6.42 Å². The predicted molar refractivity (Wildman–Crippen MR) is 88.6 cm³/mol. The number of carboxylic acid groups (broad SMARTS) is 3. The van der Waals surface area contributed by atoms with Crippen LogP contribution in [0.5, 0.6) is 0 Å². The van der Waals surface area contributed by atoms with Gasteiger partial charge in [0, 0.05) is 0 Å². The van der Waals surface area contributed by atoms with Gasteiger partial charge in [-0.25, -0.2) is 0 Å². The largest absolute Gasteiger partial charge is 0.480 e. The molecule has 26 heavy (non-hydrogen) atoms. The van der Waals surface area contributed by atoms with Crippen LogP contribution in [0.25, 0.3) is 0 Å². The van der Waals surface area contributed by atoms with Crippen molar-refractivity contribution in [2.45, 2.75) is 56.7 Å². The van der Waals surface area contributed by atoms with Crippen molar-refractivity contribution in [3.63, 3.8) is 0 Å². The maximum absolute atomic E-state index is 10.2. The van der Waals surface area contributed by atoms with Crippen LogP contribution in [-0.2, 0) is 24.0 Å². The molecule has 12 nitrogen and oxygen atoms in total. The van der Waals surface area contributed by atoms with Gasteiger partial charge >= 0.3 is 24.1 Å². The van der Waals surface area contributed by atoms with Gasteiger partial charge in [0.15, 0.2) is 0 Å². The van der Waals surface area contributed by atoms with Gasteiger partial charge in [0.1, 0.15) is 18.1 Å². The molecule has 3 atom stereocenters. The lowest BCUT2D eigenvalue weighted by Crippen LogP contribution is -2.33. The number of rotatable bonds is 11. The second kappa shape index (κ2) is 19.0. The van der Waals surface area contributed by atoms with Gasteiger partial charge in [0.05, 0.1) is 0 Å². The molecule has 0 unspecified atom stereocenters. The number of nitrogens with two attached hydrogens (primary N) is 4. The van der Waals surface area contributed by atoms with E-state index in [9.17, 15) is 14.4 Å². The zero-order valence-corrected chi connectivity index (χ0v) is 14.4. The molecular formula is C14H28N4O8. The summed E-state index contributed by atoms with van der Waals surface area (Å²) in [5, 5.41) is 25.1. The van der Waals surface area contributed by atoms with Gasteiger partial charge in [-0.3, -0.25) is 14.4 Å². The first kappa shape index (κ1) is 28.4. The number of hydrogen-bond donors (Lipinski definition) is 7. The molecule has 0 heterocycles. The van der Waals surface area contributed by atoms with Crippen molar-refractivity contribution in [3.8, 4) is 0 Å². The maximum atomic E-state index is 10.2. The summed E-state index contributed by atoms with van der Waals surface area (Å²) in [4.78, 5) is 46.9. The first-order valence-electron chi connectivity index (χ1n) is 7.69. The van der Waals surface area contributed by atoms with Gasteiger partial charge in [0.25, 0.3) is 0 Å². The average molecular weight is 380 g/mol. The highest BCUT2D eigenvalue weighted by atomic mass is 16.4. The SMILES string of the molecule is NCCCC[C@@H](N)C(=O)O.N[C@H](CCC[C@H](N)C(=O)O)C(=O)O.O=C=O. The molecule has 0 amide bonds. The van der Waals surface area contributed by atoms with Crippen molar-refractivity contribution >= 4 is 24.1 Å². The van der Waals surface area contributed by atoms with Crippen LogP contribution in [-0.4, -0.2) is 64.0 Å². The molecule has 0 rings (SSSR count). The molecule has 0 radical (unpaired) electrons. The lowest BCUT2D eigenvalue weighted by Gasteiger charge is -2.07. The Morgan fingerprint density at radius 3 is 1.19 bits per heavy atom. The third kappa shape index (κ3) is 21.6. The molecular weight excluding hydrogens is 352 g/mol. The minimum absolute atomic E-state index is 0.246. The summed E-state index contributed by atoms with van der Waals surface area (Å²) >= 11 is 0. The summed E-state index contributed by atoms with van der Waals surface area (Å²) < 4.78 is 0. The molecule has 0 aromatic heterocycles. The van der Waals surface area contributed by atoms with Crippen molar-refractivity contribution in [2.24, 2.45) is 22.9 Å². The molecule has 0 aliphatic heterocycles. The smallest absolute Gasteiger partial charge is 0.373 e. The Balaban J connectivity index is -0.000000362.